The Balaban J connectivity index is 1.80. The first kappa shape index (κ1) is 13.9. The molecule has 1 unspecified atom stereocenters. The van der Waals surface area contributed by atoms with E-state index in [-0.39, 0.29) is 6.42 Å². The average Bonchev–Trinajstić information content (AvgIpc) is 2.79. The maximum absolute atomic E-state index is 12.3. The number of amides is 1. The number of benzene rings is 2. The largest absolute Gasteiger partial charge is 0.375 e. The molecule has 1 amide bonds. The summed E-state index contributed by atoms with van der Waals surface area (Å²) in [6, 6.07) is 17.0. The predicted molar refractivity (Wildman–Crippen MR) is 89.2 cm³/mol. The fraction of sp³-hybridized carbons (Fsp3) is 0.158. The van der Waals surface area contributed by atoms with Crippen LogP contribution in [-0.4, -0.2) is 16.0 Å². The van der Waals surface area contributed by atoms with Crippen molar-refractivity contribution >= 4 is 22.5 Å². The second-order valence-corrected chi connectivity index (χ2v) is 5.98. The molecule has 0 spiro atoms. The Labute approximate surface area is 133 Å². The molecule has 1 atom stereocenters. The first-order valence-corrected chi connectivity index (χ1v) is 7.56. The molecule has 0 radical (unpaired) electrons. The lowest BCUT2D eigenvalue weighted by atomic mass is 9.89. The molecule has 4 nitrogen and oxygen atoms in total. The number of aromatic nitrogens is 1. The van der Waals surface area contributed by atoms with Crippen molar-refractivity contribution in [3.05, 3.63) is 71.4 Å². The number of nitrogens with one attached hydrogen (secondary N) is 1. The Morgan fingerprint density at radius 3 is 2.74 bits per heavy atom. The topological polar surface area (TPSA) is 62.2 Å². The molecule has 2 N–H and O–H groups in total. The van der Waals surface area contributed by atoms with Gasteiger partial charge in [-0.25, -0.2) is 0 Å². The van der Waals surface area contributed by atoms with Crippen molar-refractivity contribution in [3.63, 3.8) is 0 Å². The van der Waals surface area contributed by atoms with Crippen LogP contribution in [0.3, 0.4) is 0 Å². The van der Waals surface area contributed by atoms with Crippen LogP contribution in [0.4, 0.5) is 5.69 Å². The van der Waals surface area contributed by atoms with E-state index in [2.05, 4.69) is 10.3 Å². The van der Waals surface area contributed by atoms with Crippen LogP contribution in [0.5, 0.6) is 0 Å². The molecular weight excluding hydrogens is 288 g/mol. The highest BCUT2D eigenvalue weighted by atomic mass is 16.3. The van der Waals surface area contributed by atoms with Crippen LogP contribution in [0.2, 0.25) is 0 Å². The molecule has 2 aromatic carbocycles. The number of pyridine rings is 1. The highest BCUT2D eigenvalue weighted by Crippen LogP contribution is 2.38. The van der Waals surface area contributed by atoms with Crippen LogP contribution in [0.15, 0.2) is 54.6 Å². The molecule has 3 aromatic rings. The quantitative estimate of drug-likeness (QED) is 0.765. The third-order valence-electron chi connectivity index (χ3n) is 4.41. The highest BCUT2D eigenvalue weighted by Gasteiger charge is 2.45. The molecule has 0 fully saturated rings. The second kappa shape index (κ2) is 4.89. The van der Waals surface area contributed by atoms with Crippen LogP contribution in [0.25, 0.3) is 10.9 Å². The maximum atomic E-state index is 12.3. The SMILES string of the molecule is Cc1cc(CC2(O)C(=O)Nc3ccccc32)nc2ccccc12. The monoisotopic (exact) mass is 304 g/mol. The van der Waals surface area contributed by atoms with Gasteiger partial charge in [-0.3, -0.25) is 9.78 Å². The molecule has 2 heterocycles. The van der Waals surface area contributed by atoms with Gasteiger partial charge in [-0.15, -0.1) is 0 Å². The molecule has 4 heteroatoms. The normalized spacial score (nSPS) is 19.7. The van der Waals surface area contributed by atoms with Gasteiger partial charge in [-0.05, 0) is 30.7 Å². The van der Waals surface area contributed by atoms with Gasteiger partial charge in [0.1, 0.15) is 0 Å². The summed E-state index contributed by atoms with van der Waals surface area (Å²) < 4.78 is 0. The van der Waals surface area contributed by atoms with E-state index < -0.39 is 11.5 Å². The summed E-state index contributed by atoms with van der Waals surface area (Å²) >= 11 is 0. The van der Waals surface area contributed by atoms with Crippen molar-refractivity contribution in [2.24, 2.45) is 0 Å². The minimum absolute atomic E-state index is 0.154. The van der Waals surface area contributed by atoms with E-state index >= 15 is 0 Å². The van der Waals surface area contributed by atoms with Crippen molar-refractivity contribution in [1.29, 1.82) is 0 Å². The van der Waals surface area contributed by atoms with Gasteiger partial charge < -0.3 is 10.4 Å². The van der Waals surface area contributed by atoms with Gasteiger partial charge in [0.25, 0.3) is 5.91 Å². The van der Waals surface area contributed by atoms with Gasteiger partial charge >= 0.3 is 0 Å². The Morgan fingerprint density at radius 1 is 1.13 bits per heavy atom. The Bertz CT molecular complexity index is 936. The number of anilines is 1. The first-order valence-electron chi connectivity index (χ1n) is 7.56. The molecule has 1 aliphatic rings. The molecule has 1 aliphatic heterocycles. The molecule has 0 aliphatic carbocycles. The third-order valence-corrected chi connectivity index (χ3v) is 4.41. The minimum Gasteiger partial charge on any atom is -0.375 e. The van der Waals surface area contributed by atoms with Gasteiger partial charge in [0.05, 0.1) is 5.52 Å². The first-order chi connectivity index (χ1) is 11.1. The van der Waals surface area contributed by atoms with E-state index in [4.69, 9.17) is 0 Å². The van der Waals surface area contributed by atoms with E-state index in [1.165, 1.54) is 0 Å². The average molecular weight is 304 g/mol. The summed E-state index contributed by atoms with van der Waals surface area (Å²) in [5.74, 6) is -0.397. The van der Waals surface area contributed by atoms with Gasteiger partial charge in [0.2, 0.25) is 0 Å². The molecule has 0 bridgehead atoms. The van der Waals surface area contributed by atoms with E-state index in [1.807, 2.05) is 49.4 Å². The summed E-state index contributed by atoms with van der Waals surface area (Å²) in [6.07, 6.45) is 0.154. The number of nitrogens with zero attached hydrogens (tertiary/aromatic N) is 1. The van der Waals surface area contributed by atoms with E-state index in [1.54, 1.807) is 12.1 Å². The summed E-state index contributed by atoms with van der Waals surface area (Å²) in [4.78, 5) is 16.9. The highest BCUT2D eigenvalue weighted by molar-refractivity contribution is 6.05. The Kier molecular flexibility index (Phi) is 2.96. The summed E-state index contributed by atoms with van der Waals surface area (Å²) in [6.45, 7) is 2.01. The number of aliphatic hydroxyl groups is 1. The number of carbonyl (C=O) groups is 1. The number of para-hydroxylation sites is 2. The number of hydrogen-bond donors (Lipinski definition) is 2. The van der Waals surface area contributed by atoms with Crippen molar-refractivity contribution < 1.29 is 9.90 Å². The lowest BCUT2D eigenvalue weighted by Gasteiger charge is -2.21. The van der Waals surface area contributed by atoms with E-state index in [9.17, 15) is 9.90 Å². The van der Waals surface area contributed by atoms with E-state index in [0.29, 0.717) is 16.9 Å². The van der Waals surface area contributed by atoms with Crippen molar-refractivity contribution in [2.75, 3.05) is 5.32 Å². The van der Waals surface area contributed by atoms with Crippen LogP contribution in [0.1, 0.15) is 16.8 Å². The van der Waals surface area contributed by atoms with Crippen LogP contribution < -0.4 is 5.32 Å². The zero-order valence-corrected chi connectivity index (χ0v) is 12.7. The maximum Gasteiger partial charge on any atom is 0.261 e. The van der Waals surface area contributed by atoms with Crippen LogP contribution >= 0.6 is 0 Å². The number of fused-ring (bicyclic) bond motifs is 2. The molecule has 23 heavy (non-hydrogen) atoms. The fourth-order valence-electron chi connectivity index (χ4n) is 3.25. The van der Waals surface area contributed by atoms with Crippen molar-refractivity contribution in [1.82, 2.24) is 4.98 Å². The lowest BCUT2D eigenvalue weighted by molar-refractivity contribution is -0.133. The zero-order chi connectivity index (χ0) is 16.0. The molecular formula is C19H16N2O2. The molecule has 4 rings (SSSR count). The molecule has 114 valence electrons. The number of rotatable bonds is 2. The van der Waals surface area contributed by atoms with Crippen LogP contribution in [0, 0.1) is 6.92 Å². The van der Waals surface area contributed by atoms with Gasteiger partial charge in [0.15, 0.2) is 5.60 Å². The summed E-state index contributed by atoms with van der Waals surface area (Å²) in [5.41, 5.74) is 2.36. The standard InChI is InChI=1S/C19H16N2O2/c1-12-10-13(20-16-8-4-2-6-14(12)16)11-19(23)15-7-3-5-9-17(15)21-18(19)22/h2-10,23H,11H2,1H3,(H,21,22). The number of carbonyl (C=O) groups excluding carboxylic acids is 1. The minimum atomic E-state index is -1.57. The molecule has 0 saturated carbocycles. The van der Waals surface area contributed by atoms with Gasteiger partial charge in [0, 0.05) is 28.8 Å². The lowest BCUT2D eigenvalue weighted by Crippen LogP contribution is -2.36. The molecule has 1 aromatic heterocycles. The van der Waals surface area contributed by atoms with E-state index in [0.717, 1.165) is 16.5 Å². The van der Waals surface area contributed by atoms with Crippen molar-refractivity contribution in [2.45, 2.75) is 18.9 Å². The van der Waals surface area contributed by atoms with Crippen molar-refractivity contribution in [3.8, 4) is 0 Å². The van der Waals surface area contributed by atoms with Crippen LogP contribution in [-0.2, 0) is 16.8 Å². The summed E-state index contributed by atoms with van der Waals surface area (Å²) in [5, 5.41) is 14.8. The predicted octanol–water partition coefficient (Wildman–Crippen LogP) is 2.93. The second-order valence-electron chi connectivity index (χ2n) is 5.98. The fourth-order valence-corrected chi connectivity index (χ4v) is 3.25. The van der Waals surface area contributed by atoms with Gasteiger partial charge in [-0.2, -0.15) is 0 Å². The Morgan fingerprint density at radius 2 is 1.87 bits per heavy atom. The number of hydrogen-bond acceptors (Lipinski definition) is 3. The molecule has 0 saturated heterocycles. The summed E-state index contributed by atoms with van der Waals surface area (Å²) in [7, 11) is 0. The Hall–Kier alpha value is -2.72. The smallest absolute Gasteiger partial charge is 0.261 e. The van der Waals surface area contributed by atoms with Gasteiger partial charge in [-0.1, -0.05) is 36.4 Å². The zero-order valence-electron chi connectivity index (χ0n) is 12.7. The number of aryl methyl sites for hydroxylation is 1. The third kappa shape index (κ3) is 2.11.